The van der Waals surface area contributed by atoms with E-state index in [4.69, 9.17) is 0 Å². The van der Waals surface area contributed by atoms with Gasteiger partial charge in [0.15, 0.2) is 11.0 Å². The summed E-state index contributed by atoms with van der Waals surface area (Å²) in [6.07, 6.45) is 0. The minimum atomic E-state index is -0.295. The van der Waals surface area contributed by atoms with Crippen molar-refractivity contribution in [3.63, 3.8) is 0 Å². The molecule has 1 aromatic heterocycles. The van der Waals surface area contributed by atoms with E-state index < -0.39 is 0 Å². The molecule has 148 valence electrons. The van der Waals surface area contributed by atoms with Gasteiger partial charge in [-0.05, 0) is 44.0 Å². The number of hydrogen-bond donors (Lipinski definition) is 2. The second kappa shape index (κ2) is 9.32. The number of quaternary nitrogens is 1. The van der Waals surface area contributed by atoms with Crippen molar-refractivity contribution >= 4 is 17.7 Å². The normalized spacial score (nSPS) is 13.8. The molecular formula is C19H29FN5OS+. The van der Waals surface area contributed by atoms with Gasteiger partial charge in [-0.1, -0.05) is 25.6 Å². The Labute approximate surface area is 164 Å². The van der Waals surface area contributed by atoms with Crippen molar-refractivity contribution in [1.82, 2.24) is 20.1 Å². The Morgan fingerprint density at radius 3 is 2.37 bits per heavy atom. The molecule has 6 nitrogen and oxygen atoms in total. The Kier molecular flexibility index (Phi) is 7.38. The van der Waals surface area contributed by atoms with Crippen molar-refractivity contribution in [3.05, 3.63) is 35.9 Å². The minimum absolute atomic E-state index is 0.0392. The van der Waals surface area contributed by atoms with Gasteiger partial charge in [0.05, 0.1) is 19.8 Å². The topological polar surface area (TPSA) is 64.2 Å². The fourth-order valence-corrected chi connectivity index (χ4v) is 3.11. The second-order valence-corrected chi connectivity index (χ2v) is 8.28. The summed E-state index contributed by atoms with van der Waals surface area (Å²) in [5, 5.41) is 12.3. The van der Waals surface area contributed by atoms with Crippen LogP contribution in [0.15, 0.2) is 29.4 Å². The SMILES string of the molecule is CC(C)[C@H](C)NC(=O)CSc1nnc([C@@H](C)[NH+](C)C)n1-c1ccc(F)cc1. The Hall–Kier alpha value is -1.93. The summed E-state index contributed by atoms with van der Waals surface area (Å²) in [5.41, 5.74) is 0.781. The number of hydrogen-bond acceptors (Lipinski definition) is 4. The number of aromatic nitrogens is 3. The smallest absolute Gasteiger partial charge is 0.230 e. The molecule has 2 atom stereocenters. The van der Waals surface area contributed by atoms with E-state index >= 15 is 0 Å². The van der Waals surface area contributed by atoms with Crippen molar-refractivity contribution in [2.45, 2.75) is 44.9 Å². The van der Waals surface area contributed by atoms with Gasteiger partial charge in [-0.3, -0.25) is 9.36 Å². The van der Waals surface area contributed by atoms with Gasteiger partial charge in [-0.25, -0.2) is 4.39 Å². The number of thioether (sulfide) groups is 1. The van der Waals surface area contributed by atoms with E-state index in [0.29, 0.717) is 11.1 Å². The highest BCUT2D eigenvalue weighted by Crippen LogP contribution is 2.24. The first-order valence-electron chi connectivity index (χ1n) is 9.14. The monoisotopic (exact) mass is 394 g/mol. The first-order chi connectivity index (χ1) is 12.7. The van der Waals surface area contributed by atoms with E-state index in [1.165, 1.54) is 28.8 Å². The van der Waals surface area contributed by atoms with Crippen LogP contribution in [0.5, 0.6) is 0 Å². The second-order valence-electron chi connectivity index (χ2n) is 7.34. The van der Waals surface area contributed by atoms with E-state index in [2.05, 4.69) is 36.3 Å². The summed E-state index contributed by atoms with van der Waals surface area (Å²) in [6.45, 7) is 8.19. The molecule has 1 aromatic carbocycles. The third-order valence-electron chi connectivity index (χ3n) is 4.72. The molecule has 2 N–H and O–H groups in total. The lowest BCUT2D eigenvalue weighted by atomic mass is 10.1. The number of nitrogens with one attached hydrogen (secondary N) is 2. The molecule has 0 aliphatic rings. The van der Waals surface area contributed by atoms with Crippen molar-refractivity contribution in [3.8, 4) is 5.69 Å². The maximum atomic E-state index is 13.4. The van der Waals surface area contributed by atoms with Gasteiger partial charge in [-0.15, -0.1) is 10.2 Å². The van der Waals surface area contributed by atoms with Gasteiger partial charge in [0.1, 0.15) is 11.9 Å². The van der Waals surface area contributed by atoms with Gasteiger partial charge in [-0.2, -0.15) is 0 Å². The van der Waals surface area contributed by atoms with E-state index in [1.807, 2.05) is 25.6 Å². The summed E-state index contributed by atoms with van der Waals surface area (Å²) in [5.74, 6) is 1.07. The van der Waals surface area contributed by atoms with Crippen LogP contribution in [0.3, 0.4) is 0 Å². The summed E-state index contributed by atoms with van der Waals surface area (Å²) in [4.78, 5) is 13.4. The molecule has 0 fully saturated rings. The number of benzene rings is 1. The fraction of sp³-hybridized carbons (Fsp3) is 0.526. The molecule has 0 aliphatic heterocycles. The van der Waals surface area contributed by atoms with E-state index in [-0.39, 0.29) is 29.6 Å². The van der Waals surface area contributed by atoms with Gasteiger partial charge >= 0.3 is 0 Å². The molecule has 0 saturated carbocycles. The summed E-state index contributed by atoms with van der Waals surface area (Å²) < 4.78 is 15.3. The molecule has 1 heterocycles. The maximum Gasteiger partial charge on any atom is 0.230 e. The average Bonchev–Trinajstić information content (AvgIpc) is 3.03. The van der Waals surface area contributed by atoms with Gasteiger partial charge in [0, 0.05) is 11.7 Å². The molecule has 0 spiro atoms. The molecule has 1 amide bonds. The summed E-state index contributed by atoms with van der Waals surface area (Å²) in [7, 11) is 4.09. The minimum Gasteiger partial charge on any atom is -0.353 e. The lowest BCUT2D eigenvalue weighted by molar-refractivity contribution is -0.890. The molecule has 0 unspecified atom stereocenters. The first kappa shape index (κ1) is 21.4. The van der Waals surface area contributed by atoms with Crippen LogP contribution in [0, 0.1) is 11.7 Å². The Morgan fingerprint density at radius 1 is 1.19 bits per heavy atom. The van der Waals surface area contributed by atoms with Crippen molar-refractivity contribution in [1.29, 1.82) is 0 Å². The molecule has 8 heteroatoms. The summed E-state index contributed by atoms with van der Waals surface area (Å²) in [6, 6.07) is 6.43. The number of nitrogens with zero attached hydrogens (tertiary/aromatic N) is 3. The van der Waals surface area contributed by atoms with Gasteiger partial charge < -0.3 is 10.2 Å². The van der Waals surface area contributed by atoms with Crippen molar-refractivity contribution < 1.29 is 14.1 Å². The number of halogens is 1. The quantitative estimate of drug-likeness (QED) is 0.671. The highest BCUT2D eigenvalue weighted by Gasteiger charge is 2.24. The van der Waals surface area contributed by atoms with Crippen LogP contribution >= 0.6 is 11.8 Å². The third-order valence-corrected chi connectivity index (χ3v) is 5.65. The van der Waals surface area contributed by atoms with Gasteiger partial charge in [0.25, 0.3) is 0 Å². The highest BCUT2D eigenvalue weighted by atomic mass is 32.2. The molecule has 2 aromatic rings. The number of carbonyl (C=O) groups is 1. The molecule has 0 aliphatic carbocycles. The molecule has 27 heavy (non-hydrogen) atoms. The largest absolute Gasteiger partial charge is 0.353 e. The lowest BCUT2D eigenvalue weighted by Gasteiger charge is -2.18. The fourth-order valence-electron chi connectivity index (χ4n) is 2.34. The Morgan fingerprint density at radius 2 is 1.81 bits per heavy atom. The van der Waals surface area contributed by atoms with Crippen molar-refractivity contribution in [2.24, 2.45) is 5.92 Å². The number of carbonyl (C=O) groups excluding carboxylic acids is 1. The van der Waals surface area contributed by atoms with E-state index in [0.717, 1.165) is 11.5 Å². The van der Waals surface area contributed by atoms with Crippen LogP contribution in [0.4, 0.5) is 4.39 Å². The zero-order chi connectivity index (χ0) is 20.1. The molecule has 2 rings (SSSR count). The van der Waals surface area contributed by atoms with E-state index in [1.54, 1.807) is 12.1 Å². The Balaban J connectivity index is 2.26. The lowest BCUT2D eigenvalue weighted by Crippen LogP contribution is -3.05. The molecule has 0 radical (unpaired) electrons. The van der Waals surface area contributed by atoms with E-state index in [9.17, 15) is 9.18 Å². The molecule has 0 saturated heterocycles. The average molecular weight is 395 g/mol. The predicted octanol–water partition coefficient (Wildman–Crippen LogP) is 1.86. The maximum absolute atomic E-state index is 13.4. The standard InChI is InChI=1S/C19H28FN5OS/c1-12(2)13(3)21-17(26)11-27-19-23-22-18(14(4)24(5)6)25(19)16-9-7-15(20)8-10-16/h7-10,12-14H,11H2,1-6H3,(H,21,26)/p+1/t13-,14+/m0/s1. The van der Waals surface area contributed by atoms with Gasteiger partial charge in [0.2, 0.25) is 5.91 Å². The molecular weight excluding hydrogens is 365 g/mol. The zero-order valence-electron chi connectivity index (χ0n) is 16.8. The third kappa shape index (κ3) is 5.52. The highest BCUT2D eigenvalue weighted by molar-refractivity contribution is 7.99. The first-order valence-corrected chi connectivity index (χ1v) is 10.1. The van der Waals surface area contributed by atoms with Crippen molar-refractivity contribution in [2.75, 3.05) is 19.8 Å². The Bertz CT molecular complexity index is 760. The summed E-state index contributed by atoms with van der Waals surface area (Å²) >= 11 is 1.33. The van der Waals surface area contributed by atoms with Crippen LogP contribution in [0.2, 0.25) is 0 Å². The molecule has 0 bridgehead atoms. The number of rotatable bonds is 8. The zero-order valence-corrected chi connectivity index (χ0v) is 17.6. The van der Waals surface area contributed by atoms with Crippen LogP contribution in [0.25, 0.3) is 5.69 Å². The van der Waals surface area contributed by atoms with Crippen LogP contribution < -0.4 is 10.2 Å². The van der Waals surface area contributed by atoms with Crippen LogP contribution in [-0.4, -0.2) is 46.6 Å². The number of amides is 1. The predicted molar refractivity (Wildman–Crippen MR) is 106 cm³/mol. The van der Waals surface area contributed by atoms with Crippen LogP contribution in [0.1, 0.15) is 39.6 Å². The van der Waals surface area contributed by atoms with Crippen LogP contribution in [-0.2, 0) is 4.79 Å².